The van der Waals surface area contributed by atoms with Gasteiger partial charge in [-0.25, -0.2) is 4.98 Å². The molecule has 0 saturated heterocycles. The van der Waals surface area contributed by atoms with Gasteiger partial charge in [-0.3, -0.25) is 4.57 Å². The average Bonchev–Trinajstić information content (AvgIpc) is 1.95. The van der Waals surface area contributed by atoms with Crippen LogP contribution in [0.15, 0.2) is 18.3 Å². The summed E-state index contributed by atoms with van der Waals surface area (Å²) in [5.74, 6) is 0. The lowest BCUT2D eigenvalue weighted by molar-refractivity contribution is -0.388. The van der Waals surface area contributed by atoms with E-state index in [1.807, 2.05) is 25.3 Å². The van der Waals surface area contributed by atoms with Crippen molar-refractivity contribution >= 4 is 8.46 Å². The molecule has 0 aliphatic rings. The molecule has 0 spiro atoms. The lowest BCUT2D eigenvalue weighted by Gasteiger charge is -1.85. The lowest BCUT2D eigenvalue weighted by atomic mass is 10.3. The molecule has 52 valence electrons. The summed E-state index contributed by atoms with van der Waals surface area (Å²) in [5.41, 5.74) is 2.19. The quantitative estimate of drug-likeness (QED) is 0.595. The summed E-state index contributed by atoms with van der Waals surface area (Å²) >= 11 is 0. The Balaban J connectivity index is 2.78. The predicted octanol–water partition coefficient (Wildman–Crippen LogP) is 1.60. The minimum atomic E-state index is 0.165. The highest BCUT2D eigenvalue weighted by Gasteiger charge is 1.97. The van der Waals surface area contributed by atoms with E-state index in [4.69, 9.17) is 0 Å². The Labute approximate surface area is 61.5 Å². The maximum atomic E-state index is 10.1. The van der Waals surface area contributed by atoms with Crippen LogP contribution in [0.3, 0.4) is 0 Å². The number of aromatic nitrogens is 1. The van der Waals surface area contributed by atoms with Gasteiger partial charge in [0.2, 0.25) is 0 Å². The molecule has 1 rings (SSSR count). The first kappa shape index (κ1) is 7.36. The molecule has 1 aromatic rings. The van der Waals surface area contributed by atoms with Gasteiger partial charge >= 0.3 is 0 Å². The smallest absolute Gasteiger partial charge is 0.191 e. The Hall–Kier alpha value is -0.750. The number of nitrogens with one attached hydrogen (secondary N) is 1. The van der Waals surface area contributed by atoms with Crippen molar-refractivity contribution in [3.05, 3.63) is 29.6 Å². The minimum Gasteiger partial charge on any atom is -0.274 e. The van der Waals surface area contributed by atoms with Crippen LogP contribution in [0.5, 0.6) is 0 Å². The normalized spacial score (nSPS) is 10.1. The molecule has 3 heteroatoms. The van der Waals surface area contributed by atoms with E-state index in [1.54, 1.807) is 0 Å². The lowest BCUT2D eigenvalue weighted by Crippen LogP contribution is -2.08. The first-order valence-corrected chi connectivity index (χ1v) is 4.09. The third-order valence-corrected chi connectivity index (χ3v) is 1.74. The highest BCUT2D eigenvalue weighted by molar-refractivity contribution is 7.22. The predicted molar refractivity (Wildman–Crippen MR) is 39.0 cm³/mol. The Morgan fingerprint density at radius 1 is 1.60 bits per heavy atom. The maximum absolute atomic E-state index is 10.1. The van der Waals surface area contributed by atoms with E-state index >= 15 is 0 Å². The number of hydrogen-bond acceptors (Lipinski definition) is 1. The zero-order valence-corrected chi connectivity index (χ0v) is 6.69. The van der Waals surface area contributed by atoms with Crippen LogP contribution in [-0.2, 0) is 10.7 Å². The van der Waals surface area contributed by atoms with Crippen LogP contribution < -0.4 is 4.98 Å². The van der Waals surface area contributed by atoms with Crippen LogP contribution in [0.4, 0.5) is 0 Å². The largest absolute Gasteiger partial charge is 0.274 e. The molecule has 0 fully saturated rings. The summed E-state index contributed by atoms with van der Waals surface area (Å²) in [5, 5.41) is 0. The first-order valence-electron chi connectivity index (χ1n) is 3.09. The summed E-state index contributed by atoms with van der Waals surface area (Å²) in [7, 11) is 0.165. The van der Waals surface area contributed by atoms with Crippen LogP contribution in [0.25, 0.3) is 0 Å². The molecular formula is C7H9NOP+. The highest BCUT2D eigenvalue weighted by Crippen LogP contribution is 2.02. The van der Waals surface area contributed by atoms with E-state index in [1.165, 1.54) is 5.56 Å². The number of H-pyrrole nitrogens is 1. The second-order valence-corrected chi connectivity index (χ2v) is 2.75. The van der Waals surface area contributed by atoms with E-state index in [9.17, 15) is 4.57 Å². The average molecular weight is 154 g/mol. The summed E-state index contributed by atoms with van der Waals surface area (Å²) < 4.78 is 10.1. The minimum absolute atomic E-state index is 0.165. The van der Waals surface area contributed by atoms with Gasteiger partial charge in [0.15, 0.2) is 20.4 Å². The van der Waals surface area contributed by atoms with E-state index in [-0.39, 0.29) is 8.46 Å². The van der Waals surface area contributed by atoms with Gasteiger partial charge in [-0.2, -0.15) is 0 Å². The van der Waals surface area contributed by atoms with Crippen molar-refractivity contribution in [1.29, 1.82) is 0 Å². The fourth-order valence-corrected chi connectivity index (χ4v) is 1.04. The van der Waals surface area contributed by atoms with Crippen LogP contribution >= 0.6 is 8.46 Å². The maximum Gasteiger partial charge on any atom is 0.191 e. The van der Waals surface area contributed by atoms with Gasteiger partial charge in [0.25, 0.3) is 0 Å². The Morgan fingerprint density at radius 2 is 2.40 bits per heavy atom. The van der Waals surface area contributed by atoms with E-state index in [0.29, 0.717) is 6.16 Å². The number of aromatic amines is 1. The van der Waals surface area contributed by atoms with Crippen LogP contribution in [0, 0.1) is 6.92 Å². The van der Waals surface area contributed by atoms with E-state index < -0.39 is 0 Å². The summed E-state index contributed by atoms with van der Waals surface area (Å²) in [6.07, 6.45) is 2.47. The molecular weight excluding hydrogens is 145 g/mol. The van der Waals surface area contributed by atoms with Gasteiger partial charge < -0.3 is 0 Å². The molecule has 1 N–H and O–H groups in total. The van der Waals surface area contributed by atoms with Crippen molar-refractivity contribution in [2.45, 2.75) is 13.1 Å². The molecule has 2 nitrogen and oxygen atoms in total. The molecule has 0 aromatic carbocycles. The van der Waals surface area contributed by atoms with E-state index in [0.717, 1.165) is 5.69 Å². The Kier molecular flexibility index (Phi) is 2.52. The van der Waals surface area contributed by atoms with Gasteiger partial charge in [0.1, 0.15) is 6.16 Å². The van der Waals surface area contributed by atoms with Crippen molar-refractivity contribution in [2.75, 3.05) is 0 Å². The second-order valence-electron chi connectivity index (χ2n) is 2.18. The SMILES string of the molecule is Cc1ccc(CP=O)[nH+]c1. The summed E-state index contributed by atoms with van der Waals surface area (Å²) in [4.78, 5) is 3.03. The first-order chi connectivity index (χ1) is 4.83. The zero-order valence-electron chi connectivity index (χ0n) is 5.79. The van der Waals surface area contributed by atoms with Crippen LogP contribution in [0.2, 0.25) is 0 Å². The standard InChI is InChI=1S/C7H8NOP/c1-6-2-3-7(5-10-9)8-4-6/h2-4H,5H2,1H3/p+1. The van der Waals surface area contributed by atoms with Crippen LogP contribution in [-0.4, -0.2) is 0 Å². The number of rotatable bonds is 2. The Morgan fingerprint density at radius 3 is 2.90 bits per heavy atom. The zero-order chi connectivity index (χ0) is 7.40. The molecule has 10 heavy (non-hydrogen) atoms. The third kappa shape index (κ3) is 1.89. The molecule has 0 saturated carbocycles. The molecule has 0 aliphatic carbocycles. The summed E-state index contributed by atoms with van der Waals surface area (Å²) in [6, 6.07) is 3.94. The van der Waals surface area contributed by atoms with Crippen LogP contribution in [0.1, 0.15) is 11.3 Å². The van der Waals surface area contributed by atoms with E-state index in [2.05, 4.69) is 4.98 Å². The van der Waals surface area contributed by atoms with Crippen molar-refractivity contribution in [3.63, 3.8) is 0 Å². The third-order valence-electron chi connectivity index (χ3n) is 1.27. The molecule has 0 unspecified atom stereocenters. The van der Waals surface area contributed by atoms with Crippen molar-refractivity contribution in [3.8, 4) is 0 Å². The van der Waals surface area contributed by atoms with Gasteiger partial charge in [0.05, 0.1) is 0 Å². The molecule has 0 amide bonds. The molecule has 1 heterocycles. The molecule has 0 aliphatic heterocycles. The molecule has 0 radical (unpaired) electrons. The summed E-state index contributed by atoms with van der Waals surface area (Å²) in [6.45, 7) is 2.01. The Bertz CT molecular complexity index is 220. The highest BCUT2D eigenvalue weighted by atomic mass is 31.1. The molecule has 0 bridgehead atoms. The van der Waals surface area contributed by atoms with Gasteiger partial charge in [0, 0.05) is 11.6 Å². The topological polar surface area (TPSA) is 31.2 Å². The molecule has 0 atom stereocenters. The van der Waals surface area contributed by atoms with Gasteiger partial charge in [-0.1, -0.05) is 0 Å². The number of aryl methyl sites for hydroxylation is 1. The number of pyridine rings is 1. The monoisotopic (exact) mass is 154 g/mol. The fourth-order valence-electron chi connectivity index (χ4n) is 0.703. The second kappa shape index (κ2) is 3.43. The fraction of sp³-hybridized carbons (Fsp3) is 0.286. The van der Waals surface area contributed by atoms with Gasteiger partial charge in [-0.05, 0) is 13.0 Å². The number of hydrogen-bond donors (Lipinski definition) is 0. The van der Waals surface area contributed by atoms with Crippen molar-refractivity contribution < 1.29 is 9.55 Å². The molecule has 1 aromatic heterocycles. The van der Waals surface area contributed by atoms with Gasteiger partial charge in [-0.15, -0.1) is 0 Å². The van der Waals surface area contributed by atoms with Crippen molar-refractivity contribution in [2.24, 2.45) is 0 Å². The van der Waals surface area contributed by atoms with Crippen molar-refractivity contribution in [1.82, 2.24) is 0 Å².